The van der Waals surface area contributed by atoms with Gasteiger partial charge in [0.25, 0.3) is 5.91 Å². The van der Waals surface area contributed by atoms with Crippen molar-refractivity contribution in [2.24, 2.45) is 18.9 Å². The fraction of sp³-hybridized carbons (Fsp3) is 0.360. The van der Waals surface area contributed by atoms with E-state index in [9.17, 15) is 18.7 Å². The fourth-order valence-electron chi connectivity index (χ4n) is 5.69. The summed E-state index contributed by atoms with van der Waals surface area (Å²) in [4.78, 5) is 17.6. The van der Waals surface area contributed by atoms with Crippen molar-refractivity contribution in [2.45, 2.75) is 37.2 Å². The Morgan fingerprint density at radius 1 is 1.18 bits per heavy atom. The van der Waals surface area contributed by atoms with Crippen LogP contribution in [0.2, 0.25) is 5.02 Å². The van der Waals surface area contributed by atoms with Crippen LogP contribution in [0.15, 0.2) is 48.8 Å². The van der Waals surface area contributed by atoms with Gasteiger partial charge in [-0.25, -0.2) is 13.8 Å². The Hall–Kier alpha value is -2.77. The molecule has 5 nitrogen and oxygen atoms in total. The normalized spacial score (nSPS) is 26.4. The molecule has 3 aromatic rings. The Morgan fingerprint density at radius 3 is 2.58 bits per heavy atom. The van der Waals surface area contributed by atoms with Gasteiger partial charge in [-0.2, -0.15) is 0 Å². The maximum Gasteiger partial charge on any atom is 0.274 e. The quantitative estimate of drug-likeness (QED) is 0.535. The number of fused-ring (bicyclic) bond motifs is 1. The summed E-state index contributed by atoms with van der Waals surface area (Å²) < 4.78 is 28.8. The SMILES string of the molecule is Cn1cnc(C2CC3CC(O)(c4cccc(F)c4)CC3C2)c1C(=O)Nc1ccc(F)c(Cl)c1. The monoisotopic (exact) mass is 471 g/mol. The highest BCUT2D eigenvalue weighted by Gasteiger charge is 2.50. The lowest BCUT2D eigenvalue weighted by molar-refractivity contribution is 0.0342. The molecule has 0 radical (unpaired) electrons. The van der Waals surface area contributed by atoms with Crippen molar-refractivity contribution < 1.29 is 18.7 Å². The maximum absolute atomic E-state index is 13.7. The number of carbonyl (C=O) groups is 1. The van der Waals surface area contributed by atoms with Gasteiger partial charge in [0.15, 0.2) is 0 Å². The minimum atomic E-state index is -1.02. The number of nitrogens with one attached hydrogen (secondary N) is 1. The van der Waals surface area contributed by atoms with Crippen molar-refractivity contribution >= 4 is 23.2 Å². The van der Waals surface area contributed by atoms with Crippen molar-refractivity contribution in [1.29, 1.82) is 0 Å². The van der Waals surface area contributed by atoms with Gasteiger partial charge in [-0.3, -0.25) is 4.79 Å². The van der Waals surface area contributed by atoms with E-state index in [1.165, 1.54) is 30.3 Å². The number of carbonyl (C=O) groups excluding carboxylic acids is 1. The van der Waals surface area contributed by atoms with Gasteiger partial charge in [-0.15, -0.1) is 0 Å². The molecule has 1 heterocycles. The van der Waals surface area contributed by atoms with Crippen LogP contribution in [0.25, 0.3) is 0 Å². The van der Waals surface area contributed by atoms with E-state index in [1.54, 1.807) is 30.1 Å². The van der Waals surface area contributed by atoms with Gasteiger partial charge in [0.2, 0.25) is 0 Å². The molecule has 0 aliphatic heterocycles. The van der Waals surface area contributed by atoms with Crippen LogP contribution in [0.1, 0.15) is 53.3 Å². The lowest BCUT2D eigenvalue weighted by atomic mass is 9.87. The summed E-state index contributed by atoms with van der Waals surface area (Å²) in [6.45, 7) is 0. The Kier molecular flexibility index (Phi) is 5.49. The van der Waals surface area contributed by atoms with E-state index in [0.29, 0.717) is 29.8 Å². The summed E-state index contributed by atoms with van der Waals surface area (Å²) in [6, 6.07) is 10.3. The van der Waals surface area contributed by atoms with Gasteiger partial charge >= 0.3 is 0 Å². The number of amides is 1. The van der Waals surface area contributed by atoms with E-state index < -0.39 is 11.4 Å². The Bertz CT molecular complexity index is 1210. The molecular formula is C25H24ClF2N3O2. The molecule has 2 aliphatic carbocycles. The van der Waals surface area contributed by atoms with E-state index in [1.807, 2.05) is 0 Å². The summed E-state index contributed by atoms with van der Waals surface area (Å²) in [5.41, 5.74) is 1.20. The van der Waals surface area contributed by atoms with Crippen LogP contribution in [0.3, 0.4) is 0 Å². The van der Waals surface area contributed by atoms with Crippen molar-refractivity contribution in [2.75, 3.05) is 5.32 Å². The van der Waals surface area contributed by atoms with Crippen LogP contribution in [-0.4, -0.2) is 20.6 Å². The van der Waals surface area contributed by atoms with Gasteiger partial charge in [0.1, 0.15) is 17.3 Å². The van der Waals surface area contributed by atoms with Crippen LogP contribution >= 0.6 is 11.6 Å². The Morgan fingerprint density at radius 2 is 1.91 bits per heavy atom. The third-order valence-electron chi connectivity index (χ3n) is 7.15. The van der Waals surface area contributed by atoms with Gasteiger partial charge < -0.3 is 15.0 Å². The molecule has 2 fully saturated rings. The lowest BCUT2D eigenvalue weighted by Crippen LogP contribution is -2.23. The Balaban J connectivity index is 1.32. The average molecular weight is 472 g/mol. The lowest BCUT2D eigenvalue weighted by Gasteiger charge is -2.25. The zero-order valence-corrected chi connectivity index (χ0v) is 18.8. The molecule has 1 aromatic heterocycles. The summed E-state index contributed by atoms with van der Waals surface area (Å²) in [5.74, 6) is -0.583. The second kappa shape index (κ2) is 8.22. The minimum absolute atomic E-state index is 0.0626. The van der Waals surface area contributed by atoms with Crippen molar-refractivity contribution in [3.8, 4) is 0 Å². The predicted octanol–water partition coefficient (Wildman–Crippen LogP) is 5.40. The number of aliphatic hydroxyl groups is 1. The highest BCUT2D eigenvalue weighted by atomic mass is 35.5. The van der Waals surface area contributed by atoms with E-state index in [4.69, 9.17) is 11.6 Å². The maximum atomic E-state index is 13.7. The molecule has 2 unspecified atom stereocenters. The molecule has 1 amide bonds. The first-order chi connectivity index (χ1) is 15.7. The summed E-state index contributed by atoms with van der Waals surface area (Å²) >= 11 is 5.83. The molecule has 33 heavy (non-hydrogen) atoms. The van der Waals surface area contributed by atoms with E-state index in [-0.39, 0.29) is 34.5 Å². The van der Waals surface area contributed by atoms with Gasteiger partial charge in [0, 0.05) is 18.7 Å². The van der Waals surface area contributed by atoms with Gasteiger partial charge in [0.05, 0.1) is 22.6 Å². The molecule has 0 saturated heterocycles. The molecule has 172 valence electrons. The first-order valence-corrected chi connectivity index (χ1v) is 11.4. The van der Waals surface area contributed by atoms with Crippen LogP contribution in [-0.2, 0) is 12.6 Å². The molecule has 2 aliphatic rings. The number of aryl methyl sites for hydroxylation is 1. The average Bonchev–Trinajstić information content (AvgIpc) is 3.42. The number of benzene rings is 2. The first-order valence-electron chi connectivity index (χ1n) is 11.0. The number of nitrogens with zero attached hydrogens (tertiary/aromatic N) is 2. The van der Waals surface area contributed by atoms with Crippen molar-refractivity contribution in [1.82, 2.24) is 9.55 Å². The van der Waals surface area contributed by atoms with Gasteiger partial charge in [-0.05, 0) is 73.4 Å². The first kappa shape index (κ1) is 22.0. The van der Waals surface area contributed by atoms with Crippen molar-refractivity contribution in [3.05, 3.63) is 82.4 Å². The molecule has 0 spiro atoms. The summed E-state index contributed by atoms with van der Waals surface area (Å²) in [7, 11) is 1.77. The highest BCUT2D eigenvalue weighted by Crippen LogP contribution is 2.56. The molecule has 2 N–H and O–H groups in total. The predicted molar refractivity (Wildman–Crippen MR) is 121 cm³/mol. The second-order valence-corrected chi connectivity index (χ2v) is 9.72. The topological polar surface area (TPSA) is 67.1 Å². The molecule has 5 rings (SSSR count). The summed E-state index contributed by atoms with van der Waals surface area (Å²) in [5, 5.41) is 13.9. The minimum Gasteiger partial charge on any atom is -0.385 e. The third-order valence-corrected chi connectivity index (χ3v) is 7.44. The smallest absolute Gasteiger partial charge is 0.274 e. The summed E-state index contributed by atoms with van der Waals surface area (Å²) in [6.07, 6.45) is 4.38. The van der Waals surface area contributed by atoms with E-state index >= 15 is 0 Å². The Labute approximate surface area is 195 Å². The van der Waals surface area contributed by atoms with Crippen LogP contribution in [0.4, 0.5) is 14.5 Å². The zero-order chi connectivity index (χ0) is 23.3. The van der Waals surface area contributed by atoms with Crippen LogP contribution in [0.5, 0.6) is 0 Å². The number of aromatic nitrogens is 2. The van der Waals surface area contributed by atoms with E-state index in [0.717, 1.165) is 18.5 Å². The third kappa shape index (κ3) is 4.04. The number of hydrogen-bond donors (Lipinski definition) is 2. The molecule has 2 saturated carbocycles. The number of hydrogen-bond acceptors (Lipinski definition) is 3. The number of anilines is 1. The number of halogens is 3. The second-order valence-electron chi connectivity index (χ2n) is 9.31. The molecule has 0 bridgehead atoms. The largest absolute Gasteiger partial charge is 0.385 e. The molecule has 2 aromatic carbocycles. The van der Waals surface area contributed by atoms with E-state index in [2.05, 4.69) is 10.3 Å². The molecule has 2 atom stereocenters. The zero-order valence-electron chi connectivity index (χ0n) is 18.1. The van der Waals surface area contributed by atoms with Crippen LogP contribution in [0, 0.1) is 23.5 Å². The van der Waals surface area contributed by atoms with Crippen LogP contribution < -0.4 is 5.32 Å². The number of imidazole rings is 1. The molecule has 8 heteroatoms. The number of rotatable bonds is 4. The standard InChI is InChI=1S/C25H24ClF2N3O2/c1-31-13-29-22(23(31)24(32)30-19-5-6-21(28)20(26)10-19)14-7-15-11-25(33,12-16(15)8-14)17-3-2-4-18(27)9-17/h2-6,9-10,13-16,33H,7-8,11-12H2,1H3,(H,30,32). The van der Waals surface area contributed by atoms with Crippen molar-refractivity contribution in [3.63, 3.8) is 0 Å². The highest BCUT2D eigenvalue weighted by molar-refractivity contribution is 6.31. The molecular weight excluding hydrogens is 448 g/mol. The fourth-order valence-corrected chi connectivity index (χ4v) is 5.87. The van der Waals surface area contributed by atoms with Gasteiger partial charge in [-0.1, -0.05) is 23.7 Å².